The summed E-state index contributed by atoms with van der Waals surface area (Å²) >= 11 is 0. The lowest BCUT2D eigenvalue weighted by Gasteiger charge is -2.16. The zero-order valence-corrected chi connectivity index (χ0v) is 15.2. The minimum atomic E-state index is -6.39. The first kappa shape index (κ1) is 21.0. The van der Waals surface area contributed by atoms with Crippen LogP contribution in [0.15, 0.2) is 11.0 Å². The summed E-state index contributed by atoms with van der Waals surface area (Å²) in [6, 6.07) is 0. The molecule has 0 amide bonds. The van der Waals surface area contributed by atoms with Gasteiger partial charge in [-0.2, -0.15) is 26.0 Å². The van der Waals surface area contributed by atoms with E-state index >= 15 is 0 Å². The van der Waals surface area contributed by atoms with Crippen LogP contribution in [0.4, 0.5) is 22.0 Å². The predicted molar refractivity (Wildman–Crippen MR) is 84.9 cm³/mol. The van der Waals surface area contributed by atoms with Crippen molar-refractivity contribution in [2.75, 3.05) is 6.61 Å². The number of aromatic nitrogens is 2. The summed E-state index contributed by atoms with van der Waals surface area (Å²) in [6.07, 6.45) is 1.05. The molecule has 0 aliphatic heterocycles. The quantitative estimate of drug-likeness (QED) is 0.303. The molecule has 3 rings (SSSR count). The van der Waals surface area contributed by atoms with Crippen molar-refractivity contribution in [3.8, 4) is 5.75 Å². The van der Waals surface area contributed by atoms with E-state index in [1.165, 1.54) is 6.92 Å². The van der Waals surface area contributed by atoms with Gasteiger partial charge in [-0.25, -0.2) is 14.2 Å². The van der Waals surface area contributed by atoms with Crippen molar-refractivity contribution in [1.29, 1.82) is 0 Å². The zero-order chi connectivity index (χ0) is 21.7. The fourth-order valence-corrected chi connectivity index (χ4v) is 2.96. The van der Waals surface area contributed by atoms with E-state index in [0.29, 0.717) is 12.8 Å². The van der Waals surface area contributed by atoms with Crippen LogP contribution in [0.25, 0.3) is 5.52 Å². The second-order valence-electron chi connectivity index (χ2n) is 5.97. The number of esters is 1. The van der Waals surface area contributed by atoms with Crippen LogP contribution < -0.4 is 9.74 Å². The Kier molecular flexibility index (Phi) is 5.01. The molecule has 0 aromatic carbocycles. The number of nitrogens with zero attached hydrogens (tertiary/aromatic N) is 2. The van der Waals surface area contributed by atoms with E-state index in [4.69, 9.17) is 0 Å². The highest BCUT2D eigenvalue weighted by Crippen LogP contribution is 2.44. The maximum absolute atomic E-state index is 14.3. The molecule has 2 aromatic rings. The van der Waals surface area contributed by atoms with E-state index < -0.39 is 61.7 Å². The number of rotatable bonds is 5. The van der Waals surface area contributed by atoms with Gasteiger partial charge in [-0.1, -0.05) is 0 Å². The van der Waals surface area contributed by atoms with Gasteiger partial charge in [0.1, 0.15) is 5.52 Å². The van der Waals surface area contributed by atoms with Crippen molar-refractivity contribution in [2.45, 2.75) is 31.2 Å². The van der Waals surface area contributed by atoms with E-state index in [1.807, 2.05) is 0 Å². The Morgan fingerprint density at radius 3 is 2.45 bits per heavy atom. The fourth-order valence-electron chi connectivity index (χ4n) is 2.50. The van der Waals surface area contributed by atoms with E-state index in [9.17, 15) is 40.0 Å². The molecule has 1 aliphatic carbocycles. The lowest BCUT2D eigenvalue weighted by Crippen LogP contribution is -2.31. The Bertz CT molecular complexity index is 1170. The first-order valence-corrected chi connectivity index (χ1v) is 9.42. The number of fused-ring (bicyclic) bond motifs is 1. The largest absolute Gasteiger partial charge is 0.534 e. The normalized spacial score (nSPS) is 14.8. The average Bonchev–Trinajstić information content (AvgIpc) is 3.44. The van der Waals surface area contributed by atoms with Crippen LogP contribution in [-0.4, -0.2) is 35.9 Å². The first-order valence-electron chi connectivity index (χ1n) is 8.01. The minimum Gasteiger partial charge on any atom is -0.461 e. The molecular formula is C15H11F5N2O6S. The van der Waals surface area contributed by atoms with Crippen LogP contribution in [0.2, 0.25) is 0 Å². The summed E-state index contributed by atoms with van der Waals surface area (Å²) in [5.41, 5.74) is -9.23. The molecule has 0 atom stereocenters. The topological polar surface area (TPSA) is 104 Å². The zero-order valence-electron chi connectivity index (χ0n) is 14.4. The van der Waals surface area contributed by atoms with Crippen LogP contribution in [0.3, 0.4) is 0 Å². The maximum atomic E-state index is 14.3. The number of halogens is 5. The number of carbonyl (C=O) groups excluding carboxylic acids is 1. The monoisotopic (exact) mass is 442 g/mol. The molecule has 0 spiro atoms. The van der Waals surface area contributed by atoms with Gasteiger partial charge in [0.15, 0.2) is 5.82 Å². The number of alkyl halides is 3. The predicted octanol–water partition coefficient (Wildman–Crippen LogP) is 2.26. The number of ether oxygens (including phenoxy) is 1. The third kappa shape index (κ3) is 3.63. The van der Waals surface area contributed by atoms with E-state index in [-0.39, 0.29) is 22.9 Å². The first-order chi connectivity index (χ1) is 13.4. The highest BCUT2D eigenvalue weighted by molar-refractivity contribution is 7.88. The van der Waals surface area contributed by atoms with Crippen molar-refractivity contribution in [1.82, 2.24) is 9.38 Å². The van der Waals surface area contributed by atoms with Crippen LogP contribution in [0.1, 0.15) is 41.9 Å². The lowest BCUT2D eigenvalue weighted by molar-refractivity contribution is -0.0500. The highest BCUT2D eigenvalue weighted by atomic mass is 32.2. The van der Waals surface area contributed by atoms with E-state index in [2.05, 4.69) is 13.9 Å². The van der Waals surface area contributed by atoms with Crippen molar-refractivity contribution >= 4 is 21.6 Å². The molecule has 1 saturated carbocycles. The molecule has 0 saturated heterocycles. The smallest absolute Gasteiger partial charge is 0.461 e. The molecule has 0 bridgehead atoms. The molecule has 29 heavy (non-hydrogen) atoms. The standard InChI is InChI=1S/C15H11F5N2O6S/c1-2-27-14(24)10-13(23)22-5-7(16)8(17)12(28-29(25,26)15(18,19)20)11(22)9(21-10)6-3-4-6/h5-6H,2-4H2,1H3. The van der Waals surface area contributed by atoms with Gasteiger partial charge in [0.2, 0.25) is 17.3 Å². The SMILES string of the molecule is CCOC(=O)c1nc(C2CC2)c2c(OS(=O)(=O)C(F)(F)F)c(F)c(F)cn2c1=O. The van der Waals surface area contributed by atoms with Crippen molar-refractivity contribution in [3.63, 3.8) is 0 Å². The van der Waals surface area contributed by atoms with Crippen molar-refractivity contribution in [2.24, 2.45) is 0 Å². The van der Waals surface area contributed by atoms with Crippen LogP contribution >= 0.6 is 0 Å². The third-order valence-electron chi connectivity index (χ3n) is 3.91. The summed E-state index contributed by atoms with van der Waals surface area (Å²) in [5, 5.41) is 0. The Morgan fingerprint density at radius 2 is 1.93 bits per heavy atom. The van der Waals surface area contributed by atoms with Gasteiger partial charge in [-0.3, -0.25) is 9.20 Å². The number of pyridine rings is 1. The molecule has 2 aromatic heterocycles. The second-order valence-corrected chi connectivity index (χ2v) is 7.51. The van der Waals surface area contributed by atoms with E-state index in [1.54, 1.807) is 0 Å². The summed E-state index contributed by atoms with van der Waals surface area (Å²) in [5.74, 6) is -7.35. The highest BCUT2D eigenvalue weighted by Gasteiger charge is 2.49. The molecule has 8 nitrogen and oxygen atoms in total. The van der Waals surface area contributed by atoms with Crippen LogP contribution in [0.5, 0.6) is 5.75 Å². The molecule has 1 aliphatic rings. The van der Waals surface area contributed by atoms with Gasteiger partial charge >= 0.3 is 21.6 Å². The third-order valence-corrected chi connectivity index (χ3v) is 4.87. The van der Waals surface area contributed by atoms with Gasteiger partial charge in [-0.15, -0.1) is 0 Å². The Labute approximate surface area is 159 Å². The maximum Gasteiger partial charge on any atom is 0.534 e. The summed E-state index contributed by atoms with van der Waals surface area (Å²) in [6.45, 7) is 1.29. The summed E-state index contributed by atoms with van der Waals surface area (Å²) in [4.78, 5) is 28.2. The Balaban J connectivity index is 2.38. The van der Waals surface area contributed by atoms with Gasteiger partial charge in [0.25, 0.3) is 5.56 Å². The molecule has 0 radical (unpaired) electrons. The van der Waals surface area contributed by atoms with Gasteiger partial charge in [-0.05, 0) is 19.8 Å². The van der Waals surface area contributed by atoms with Crippen molar-refractivity contribution < 1.29 is 44.1 Å². The molecular weight excluding hydrogens is 431 g/mol. The van der Waals surface area contributed by atoms with Crippen LogP contribution in [0, 0.1) is 11.6 Å². The molecule has 2 heterocycles. The average molecular weight is 442 g/mol. The molecule has 14 heteroatoms. The Hall–Kier alpha value is -2.77. The number of hydrogen-bond donors (Lipinski definition) is 0. The minimum absolute atomic E-state index is 0.141. The fraction of sp³-hybridized carbons (Fsp3) is 0.400. The number of hydrogen-bond acceptors (Lipinski definition) is 7. The number of carbonyl (C=O) groups is 1. The van der Waals surface area contributed by atoms with Gasteiger partial charge in [0, 0.05) is 5.92 Å². The summed E-state index contributed by atoms with van der Waals surface area (Å²) in [7, 11) is -6.39. The molecule has 1 fully saturated rings. The molecule has 158 valence electrons. The summed E-state index contributed by atoms with van der Waals surface area (Å²) < 4.78 is 97.8. The second kappa shape index (κ2) is 6.93. The van der Waals surface area contributed by atoms with Crippen molar-refractivity contribution in [3.05, 3.63) is 39.6 Å². The van der Waals surface area contributed by atoms with Gasteiger partial charge in [0.05, 0.1) is 18.5 Å². The van der Waals surface area contributed by atoms with Crippen LogP contribution in [-0.2, 0) is 14.9 Å². The molecule has 0 N–H and O–H groups in total. The molecule has 0 unspecified atom stereocenters. The van der Waals surface area contributed by atoms with E-state index in [0.717, 1.165) is 0 Å². The lowest BCUT2D eigenvalue weighted by atomic mass is 10.2. The Morgan fingerprint density at radius 1 is 1.31 bits per heavy atom. The van der Waals surface area contributed by atoms with Gasteiger partial charge < -0.3 is 8.92 Å².